The van der Waals surface area contributed by atoms with Crippen molar-refractivity contribution in [3.05, 3.63) is 47.0 Å². The predicted octanol–water partition coefficient (Wildman–Crippen LogP) is 3.67. The van der Waals surface area contributed by atoms with Crippen LogP contribution in [-0.2, 0) is 11.2 Å². The molecule has 3 rings (SSSR count). The molecule has 0 radical (unpaired) electrons. The molecule has 0 aliphatic rings. The molecule has 0 saturated heterocycles. The molecule has 0 spiro atoms. The summed E-state index contributed by atoms with van der Waals surface area (Å²) in [6.07, 6.45) is 2.06. The summed E-state index contributed by atoms with van der Waals surface area (Å²) < 4.78 is 16.4. The summed E-state index contributed by atoms with van der Waals surface area (Å²) in [4.78, 5) is 16.3. The van der Waals surface area contributed by atoms with Crippen LogP contribution in [0, 0.1) is 0 Å². The number of methoxy groups -OCH3 is 1. The minimum Gasteiger partial charge on any atom is -0.495 e. The van der Waals surface area contributed by atoms with Crippen molar-refractivity contribution in [2.45, 2.75) is 12.8 Å². The van der Waals surface area contributed by atoms with Crippen LogP contribution in [0.3, 0.4) is 0 Å². The topological polar surface area (TPSA) is 90.4 Å². The van der Waals surface area contributed by atoms with Gasteiger partial charge < -0.3 is 19.0 Å². The number of ether oxygens (including phenoxy) is 1. The first-order valence-electron chi connectivity index (χ1n) is 7.15. The quantitative estimate of drug-likeness (QED) is 0.689. The summed E-state index contributed by atoms with van der Waals surface area (Å²) in [5.41, 5.74) is 0.596. The molecule has 7 nitrogen and oxygen atoms in total. The maximum atomic E-state index is 12.1. The van der Waals surface area contributed by atoms with Gasteiger partial charge in [0.15, 0.2) is 5.76 Å². The third-order valence-corrected chi connectivity index (χ3v) is 3.70. The Hall–Kier alpha value is -2.61. The average Bonchev–Trinajstić information content (AvgIpc) is 3.24. The highest BCUT2D eigenvalue weighted by atomic mass is 79.9. The lowest BCUT2D eigenvalue weighted by Gasteiger charge is -2.10. The lowest BCUT2D eigenvalue weighted by molar-refractivity contribution is -0.116. The number of benzene rings is 1. The van der Waals surface area contributed by atoms with E-state index in [0.29, 0.717) is 35.3 Å². The first kappa shape index (κ1) is 16.3. The van der Waals surface area contributed by atoms with E-state index in [1.807, 2.05) is 6.07 Å². The Kier molecular flexibility index (Phi) is 4.95. The number of amides is 1. The van der Waals surface area contributed by atoms with E-state index in [2.05, 4.69) is 31.4 Å². The van der Waals surface area contributed by atoms with Crippen molar-refractivity contribution in [1.82, 2.24) is 10.1 Å². The van der Waals surface area contributed by atoms with Gasteiger partial charge in [-0.2, -0.15) is 4.98 Å². The number of rotatable bonds is 6. The minimum absolute atomic E-state index is 0.177. The van der Waals surface area contributed by atoms with Crippen molar-refractivity contribution in [2.24, 2.45) is 0 Å². The van der Waals surface area contributed by atoms with Crippen LogP contribution < -0.4 is 10.1 Å². The van der Waals surface area contributed by atoms with Crippen molar-refractivity contribution < 1.29 is 18.5 Å². The third-order valence-electron chi connectivity index (χ3n) is 3.21. The van der Waals surface area contributed by atoms with Gasteiger partial charge in [0.1, 0.15) is 5.75 Å². The number of furan rings is 1. The maximum Gasteiger partial charge on any atom is 0.238 e. The molecule has 0 bridgehead atoms. The van der Waals surface area contributed by atoms with Gasteiger partial charge in [-0.3, -0.25) is 4.79 Å². The zero-order valence-corrected chi connectivity index (χ0v) is 14.4. The molecule has 0 saturated carbocycles. The van der Waals surface area contributed by atoms with Gasteiger partial charge in [0, 0.05) is 17.3 Å². The second kappa shape index (κ2) is 7.31. The Bertz CT molecular complexity index is 830. The van der Waals surface area contributed by atoms with Gasteiger partial charge in [-0.25, -0.2) is 0 Å². The van der Waals surface area contributed by atoms with Crippen molar-refractivity contribution >= 4 is 27.5 Å². The molecular weight excluding hydrogens is 378 g/mol. The van der Waals surface area contributed by atoms with E-state index in [0.717, 1.165) is 4.47 Å². The molecular formula is C16H14BrN3O4. The lowest BCUT2D eigenvalue weighted by atomic mass is 10.2. The Morgan fingerprint density at radius 3 is 3.00 bits per heavy atom. The fraction of sp³-hybridized carbons (Fsp3) is 0.188. The fourth-order valence-corrected chi connectivity index (χ4v) is 2.43. The van der Waals surface area contributed by atoms with Gasteiger partial charge >= 0.3 is 0 Å². The maximum absolute atomic E-state index is 12.1. The Morgan fingerprint density at radius 1 is 1.38 bits per heavy atom. The van der Waals surface area contributed by atoms with Gasteiger partial charge in [0.05, 0.1) is 19.1 Å². The smallest absolute Gasteiger partial charge is 0.238 e. The van der Waals surface area contributed by atoms with E-state index in [1.54, 1.807) is 31.4 Å². The normalized spacial score (nSPS) is 10.6. The molecule has 0 unspecified atom stereocenters. The zero-order chi connectivity index (χ0) is 16.9. The molecule has 0 fully saturated rings. The van der Waals surface area contributed by atoms with Crippen LogP contribution in [0.15, 0.2) is 50.0 Å². The molecule has 0 atom stereocenters. The Labute approximate surface area is 146 Å². The van der Waals surface area contributed by atoms with Gasteiger partial charge in [-0.1, -0.05) is 21.1 Å². The van der Waals surface area contributed by atoms with E-state index in [9.17, 15) is 4.79 Å². The van der Waals surface area contributed by atoms with Gasteiger partial charge in [0.25, 0.3) is 0 Å². The Balaban J connectivity index is 1.59. The molecule has 24 heavy (non-hydrogen) atoms. The highest BCUT2D eigenvalue weighted by Crippen LogP contribution is 2.28. The number of hydrogen-bond donors (Lipinski definition) is 1. The monoisotopic (exact) mass is 391 g/mol. The number of nitrogens with zero attached hydrogens (tertiary/aromatic N) is 2. The molecule has 124 valence electrons. The lowest BCUT2D eigenvalue weighted by Crippen LogP contribution is -2.13. The molecule has 1 N–H and O–H groups in total. The third kappa shape index (κ3) is 3.83. The number of halogens is 1. The molecule has 2 aromatic heterocycles. The van der Waals surface area contributed by atoms with Gasteiger partial charge in [0.2, 0.25) is 17.6 Å². The van der Waals surface area contributed by atoms with E-state index in [1.165, 1.54) is 6.26 Å². The van der Waals surface area contributed by atoms with Crippen LogP contribution in [0.25, 0.3) is 11.6 Å². The number of anilines is 1. The van der Waals surface area contributed by atoms with Crippen LogP contribution in [0.1, 0.15) is 12.3 Å². The number of aromatic nitrogens is 2. The second-order valence-electron chi connectivity index (χ2n) is 4.88. The van der Waals surface area contributed by atoms with E-state index in [-0.39, 0.29) is 12.3 Å². The molecule has 3 aromatic rings. The molecule has 0 aliphatic heterocycles. The second-order valence-corrected chi connectivity index (χ2v) is 5.80. The van der Waals surface area contributed by atoms with Crippen molar-refractivity contribution in [3.8, 4) is 17.3 Å². The fourth-order valence-electron chi connectivity index (χ4n) is 2.07. The highest BCUT2D eigenvalue weighted by molar-refractivity contribution is 9.10. The summed E-state index contributed by atoms with van der Waals surface area (Å²) in [6, 6.07) is 8.86. The predicted molar refractivity (Wildman–Crippen MR) is 89.6 cm³/mol. The van der Waals surface area contributed by atoms with Crippen LogP contribution in [0.5, 0.6) is 5.75 Å². The van der Waals surface area contributed by atoms with E-state index < -0.39 is 0 Å². The first-order valence-corrected chi connectivity index (χ1v) is 7.95. The molecule has 0 aliphatic carbocycles. The van der Waals surface area contributed by atoms with Crippen LogP contribution in [0.2, 0.25) is 0 Å². The Morgan fingerprint density at radius 2 is 2.25 bits per heavy atom. The number of nitrogens with one attached hydrogen (secondary N) is 1. The highest BCUT2D eigenvalue weighted by Gasteiger charge is 2.13. The number of aryl methyl sites for hydroxylation is 1. The van der Waals surface area contributed by atoms with Crippen LogP contribution in [-0.4, -0.2) is 23.2 Å². The molecule has 1 amide bonds. The number of carbonyl (C=O) groups is 1. The van der Waals surface area contributed by atoms with E-state index in [4.69, 9.17) is 13.7 Å². The van der Waals surface area contributed by atoms with Crippen LogP contribution >= 0.6 is 15.9 Å². The molecule has 1 aromatic carbocycles. The summed E-state index contributed by atoms with van der Waals surface area (Å²) in [7, 11) is 1.55. The minimum atomic E-state index is -0.177. The first-order chi connectivity index (χ1) is 11.7. The number of carbonyl (C=O) groups excluding carboxylic acids is 1. The molecule has 8 heteroatoms. The number of hydrogen-bond acceptors (Lipinski definition) is 6. The van der Waals surface area contributed by atoms with Crippen molar-refractivity contribution in [1.29, 1.82) is 0 Å². The zero-order valence-electron chi connectivity index (χ0n) is 12.8. The van der Waals surface area contributed by atoms with Crippen molar-refractivity contribution in [3.63, 3.8) is 0 Å². The summed E-state index contributed by atoms with van der Waals surface area (Å²) in [5.74, 6) is 1.67. The average molecular weight is 392 g/mol. The standard InChI is InChI=1S/C16H14BrN3O4/c1-22-12-5-4-10(17)9-11(12)18-14(21)6-7-15-19-16(20-24-15)13-3-2-8-23-13/h2-5,8-9H,6-7H2,1H3,(H,18,21). The molecule has 2 heterocycles. The summed E-state index contributed by atoms with van der Waals surface area (Å²) in [5, 5.41) is 6.63. The van der Waals surface area contributed by atoms with Gasteiger partial charge in [-0.15, -0.1) is 0 Å². The SMILES string of the molecule is COc1ccc(Br)cc1NC(=O)CCc1nc(-c2ccco2)no1. The van der Waals surface area contributed by atoms with Crippen LogP contribution in [0.4, 0.5) is 5.69 Å². The van der Waals surface area contributed by atoms with Gasteiger partial charge in [-0.05, 0) is 30.3 Å². The summed E-state index contributed by atoms with van der Waals surface area (Å²) >= 11 is 3.36. The van der Waals surface area contributed by atoms with Crippen molar-refractivity contribution in [2.75, 3.05) is 12.4 Å². The summed E-state index contributed by atoms with van der Waals surface area (Å²) in [6.45, 7) is 0. The van der Waals surface area contributed by atoms with E-state index >= 15 is 0 Å². The largest absolute Gasteiger partial charge is 0.495 e.